The minimum Gasteiger partial charge on any atom is -0.328 e. The zero-order chi connectivity index (χ0) is 20.5. The molecule has 0 aliphatic rings. The Morgan fingerprint density at radius 1 is 1.10 bits per heavy atom. The quantitative estimate of drug-likeness (QED) is 0.540. The van der Waals surface area contributed by atoms with Crippen LogP contribution in [0.2, 0.25) is 0 Å². The van der Waals surface area contributed by atoms with Gasteiger partial charge in [-0.15, -0.1) is 10.2 Å². The molecule has 2 N–H and O–H groups in total. The van der Waals surface area contributed by atoms with Crippen LogP contribution < -0.4 is 10.6 Å². The molecule has 0 aliphatic heterocycles. The summed E-state index contributed by atoms with van der Waals surface area (Å²) in [6, 6.07) is 7.16. The van der Waals surface area contributed by atoms with Gasteiger partial charge in [-0.3, -0.25) is 4.40 Å². The normalized spacial score (nSPS) is 12.8. The summed E-state index contributed by atoms with van der Waals surface area (Å²) < 4.78 is 3.74. The number of carbonyl (C=O) groups excluding carboxylic acids is 1. The fraction of sp³-hybridized carbons (Fsp3) is 0.350. The second-order valence-corrected chi connectivity index (χ2v) is 7.63. The smallest absolute Gasteiger partial charge is 0.319 e. The summed E-state index contributed by atoms with van der Waals surface area (Å²) in [5, 5.41) is 19.6. The SMILES string of the molecule is CC(C)C(NC(=O)Nc1cnc2c(cnn2C(C)C)c1)c1nnc2ccccn12. The van der Waals surface area contributed by atoms with Crippen molar-refractivity contribution in [2.24, 2.45) is 5.92 Å². The molecule has 0 bridgehead atoms. The number of carbonyl (C=O) groups is 1. The minimum atomic E-state index is -0.325. The van der Waals surface area contributed by atoms with Crippen LogP contribution in [0.25, 0.3) is 16.7 Å². The second-order valence-electron chi connectivity index (χ2n) is 7.63. The Morgan fingerprint density at radius 3 is 2.69 bits per heavy atom. The summed E-state index contributed by atoms with van der Waals surface area (Å²) in [6.45, 7) is 8.16. The molecule has 0 radical (unpaired) electrons. The summed E-state index contributed by atoms with van der Waals surface area (Å²) in [5.41, 5.74) is 2.14. The topological polar surface area (TPSA) is 102 Å². The van der Waals surface area contributed by atoms with Crippen molar-refractivity contribution in [3.8, 4) is 0 Å². The van der Waals surface area contributed by atoms with E-state index in [9.17, 15) is 4.79 Å². The van der Waals surface area contributed by atoms with Gasteiger partial charge in [-0.1, -0.05) is 19.9 Å². The number of hydrogen-bond acceptors (Lipinski definition) is 5. The first-order valence-electron chi connectivity index (χ1n) is 9.64. The third-order valence-corrected chi connectivity index (χ3v) is 4.75. The van der Waals surface area contributed by atoms with E-state index in [1.54, 1.807) is 12.4 Å². The zero-order valence-electron chi connectivity index (χ0n) is 16.9. The van der Waals surface area contributed by atoms with E-state index < -0.39 is 0 Å². The molecule has 0 spiro atoms. The highest BCUT2D eigenvalue weighted by Crippen LogP contribution is 2.22. The Labute approximate surface area is 168 Å². The van der Waals surface area contributed by atoms with Gasteiger partial charge in [0.05, 0.1) is 24.1 Å². The highest BCUT2D eigenvalue weighted by molar-refractivity contribution is 5.91. The number of hydrogen-bond donors (Lipinski definition) is 2. The summed E-state index contributed by atoms with van der Waals surface area (Å²) in [7, 11) is 0. The Kier molecular flexibility index (Phi) is 4.87. The molecular formula is C20H24N8O. The van der Waals surface area contributed by atoms with Gasteiger partial charge >= 0.3 is 6.03 Å². The average molecular weight is 392 g/mol. The minimum absolute atomic E-state index is 0.123. The van der Waals surface area contributed by atoms with Crippen molar-refractivity contribution in [3.05, 3.63) is 48.7 Å². The van der Waals surface area contributed by atoms with Crippen LogP contribution in [0.1, 0.15) is 45.6 Å². The Balaban J connectivity index is 1.54. The van der Waals surface area contributed by atoms with Crippen LogP contribution in [0.4, 0.5) is 10.5 Å². The van der Waals surface area contributed by atoms with Crippen LogP contribution in [-0.4, -0.2) is 35.4 Å². The van der Waals surface area contributed by atoms with Gasteiger partial charge in [0.15, 0.2) is 17.1 Å². The average Bonchev–Trinajstić information content (AvgIpc) is 3.30. The van der Waals surface area contributed by atoms with Crippen LogP contribution in [-0.2, 0) is 0 Å². The molecule has 9 heteroatoms. The third kappa shape index (κ3) is 3.63. The van der Waals surface area contributed by atoms with Gasteiger partial charge in [-0.05, 0) is 38.0 Å². The van der Waals surface area contributed by atoms with Gasteiger partial charge in [0.25, 0.3) is 0 Å². The predicted molar refractivity (Wildman–Crippen MR) is 111 cm³/mol. The van der Waals surface area contributed by atoms with Crippen LogP contribution in [0.15, 0.2) is 42.9 Å². The summed E-state index contributed by atoms with van der Waals surface area (Å²) in [6.07, 6.45) is 5.29. The fourth-order valence-corrected chi connectivity index (χ4v) is 3.30. The van der Waals surface area contributed by atoms with E-state index in [4.69, 9.17) is 0 Å². The van der Waals surface area contributed by atoms with Crippen LogP contribution in [0, 0.1) is 5.92 Å². The maximum absolute atomic E-state index is 12.7. The van der Waals surface area contributed by atoms with E-state index in [0.29, 0.717) is 11.5 Å². The number of nitrogens with one attached hydrogen (secondary N) is 2. The van der Waals surface area contributed by atoms with Gasteiger partial charge in [-0.25, -0.2) is 14.5 Å². The van der Waals surface area contributed by atoms with Crippen molar-refractivity contribution in [2.75, 3.05) is 5.32 Å². The molecule has 150 valence electrons. The number of anilines is 1. The third-order valence-electron chi connectivity index (χ3n) is 4.75. The maximum Gasteiger partial charge on any atom is 0.319 e. The molecule has 4 rings (SSSR count). The van der Waals surface area contributed by atoms with Crippen molar-refractivity contribution >= 4 is 28.4 Å². The molecule has 2 amide bonds. The largest absolute Gasteiger partial charge is 0.328 e. The predicted octanol–water partition coefficient (Wildman–Crippen LogP) is 3.57. The Bertz CT molecular complexity index is 1160. The lowest BCUT2D eigenvalue weighted by Gasteiger charge is -2.21. The molecule has 1 atom stereocenters. The van der Waals surface area contributed by atoms with E-state index in [1.807, 2.05) is 67.2 Å². The second kappa shape index (κ2) is 7.50. The van der Waals surface area contributed by atoms with Gasteiger partial charge < -0.3 is 10.6 Å². The fourth-order valence-electron chi connectivity index (χ4n) is 3.30. The van der Waals surface area contributed by atoms with Gasteiger partial charge in [0, 0.05) is 17.6 Å². The van der Waals surface area contributed by atoms with Crippen molar-refractivity contribution in [1.82, 2.24) is 34.7 Å². The van der Waals surface area contributed by atoms with Crippen molar-refractivity contribution in [3.63, 3.8) is 0 Å². The number of fused-ring (bicyclic) bond motifs is 2. The first-order valence-corrected chi connectivity index (χ1v) is 9.64. The number of urea groups is 1. The summed E-state index contributed by atoms with van der Waals surface area (Å²) in [4.78, 5) is 17.1. The summed E-state index contributed by atoms with van der Waals surface area (Å²) in [5.74, 6) is 0.816. The van der Waals surface area contributed by atoms with Gasteiger partial charge in [0.2, 0.25) is 0 Å². The lowest BCUT2D eigenvalue weighted by molar-refractivity contribution is 0.243. The van der Waals surface area contributed by atoms with Crippen LogP contribution in [0.5, 0.6) is 0 Å². The highest BCUT2D eigenvalue weighted by atomic mass is 16.2. The molecule has 4 aromatic heterocycles. The van der Waals surface area contributed by atoms with Gasteiger partial charge in [-0.2, -0.15) is 5.10 Å². The molecule has 0 aromatic carbocycles. The highest BCUT2D eigenvalue weighted by Gasteiger charge is 2.23. The van der Waals surface area contributed by atoms with Crippen LogP contribution >= 0.6 is 0 Å². The zero-order valence-corrected chi connectivity index (χ0v) is 16.9. The molecule has 9 nitrogen and oxygen atoms in total. The van der Waals surface area contributed by atoms with E-state index in [1.165, 1.54) is 0 Å². The monoisotopic (exact) mass is 392 g/mol. The standard InChI is InChI=1S/C20H24N8O/c1-12(2)17(19-26-25-16-7-5-6-8-27(16)19)24-20(29)23-15-9-14-10-22-28(13(3)4)18(14)21-11-15/h5-13,17H,1-4H3,(H2,23,24,29). The molecule has 4 aromatic rings. The molecule has 0 aliphatic carbocycles. The van der Waals surface area contributed by atoms with Crippen molar-refractivity contribution < 1.29 is 4.79 Å². The lowest BCUT2D eigenvalue weighted by atomic mass is 10.0. The van der Waals surface area contributed by atoms with E-state index in [2.05, 4.69) is 30.9 Å². The number of amides is 2. The molecule has 29 heavy (non-hydrogen) atoms. The number of pyridine rings is 2. The molecular weight excluding hydrogens is 368 g/mol. The first-order chi connectivity index (χ1) is 13.9. The molecule has 1 unspecified atom stereocenters. The van der Waals surface area contributed by atoms with E-state index in [0.717, 1.165) is 16.7 Å². The molecule has 4 heterocycles. The molecule has 0 saturated heterocycles. The number of aromatic nitrogens is 6. The Hall–Kier alpha value is -3.49. The number of rotatable bonds is 5. The first kappa shape index (κ1) is 18.9. The van der Waals surface area contributed by atoms with E-state index in [-0.39, 0.29) is 24.0 Å². The maximum atomic E-state index is 12.7. The Morgan fingerprint density at radius 2 is 1.93 bits per heavy atom. The lowest BCUT2D eigenvalue weighted by Crippen LogP contribution is -2.36. The number of nitrogens with zero attached hydrogens (tertiary/aromatic N) is 6. The molecule has 0 fully saturated rings. The van der Waals surface area contributed by atoms with Crippen molar-refractivity contribution in [2.45, 2.75) is 39.8 Å². The van der Waals surface area contributed by atoms with Crippen LogP contribution in [0.3, 0.4) is 0 Å². The van der Waals surface area contributed by atoms with Gasteiger partial charge in [0.1, 0.15) is 0 Å². The van der Waals surface area contributed by atoms with E-state index >= 15 is 0 Å². The summed E-state index contributed by atoms with van der Waals surface area (Å²) >= 11 is 0. The van der Waals surface area contributed by atoms with Crippen molar-refractivity contribution in [1.29, 1.82) is 0 Å². The molecule has 0 saturated carbocycles.